The van der Waals surface area contributed by atoms with E-state index in [0.717, 1.165) is 0 Å². The van der Waals surface area contributed by atoms with Gasteiger partial charge in [0.2, 0.25) is 6.41 Å². The van der Waals surface area contributed by atoms with Gasteiger partial charge in [0.05, 0.1) is 0 Å². The van der Waals surface area contributed by atoms with Gasteiger partial charge in [-0.2, -0.15) is 0 Å². The summed E-state index contributed by atoms with van der Waals surface area (Å²) in [5.74, 6) is -0.172. The fraction of sp³-hybridized carbons (Fsp3) is 0.111. The standard InChI is InChI=1S/C9H10N2O2/c1-10-9(13)7-3-2-4-8(5-7)11-6-12/h2-6H,1H3,(H,10,13)(H,11,12). The zero-order valence-electron chi connectivity index (χ0n) is 7.20. The Bertz CT molecular complexity index is 323. The highest BCUT2D eigenvalue weighted by molar-refractivity contribution is 5.95. The molecule has 0 radical (unpaired) electrons. The Labute approximate surface area is 75.9 Å². The van der Waals surface area contributed by atoms with Crippen molar-refractivity contribution < 1.29 is 9.59 Å². The summed E-state index contributed by atoms with van der Waals surface area (Å²) in [6.07, 6.45) is 0.572. The highest BCUT2D eigenvalue weighted by atomic mass is 16.1. The molecule has 2 N–H and O–H groups in total. The van der Waals surface area contributed by atoms with E-state index in [4.69, 9.17) is 0 Å². The van der Waals surface area contributed by atoms with E-state index in [1.807, 2.05) is 0 Å². The van der Waals surface area contributed by atoms with Gasteiger partial charge in [-0.05, 0) is 18.2 Å². The summed E-state index contributed by atoms with van der Waals surface area (Å²) in [4.78, 5) is 21.3. The monoisotopic (exact) mass is 178 g/mol. The van der Waals surface area contributed by atoms with Crippen LogP contribution in [0.3, 0.4) is 0 Å². The molecule has 1 aromatic rings. The van der Waals surface area contributed by atoms with Crippen molar-refractivity contribution in [3.8, 4) is 0 Å². The average Bonchev–Trinajstić information content (AvgIpc) is 2.18. The predicted octanol–water partition coefficient (Wildman–Crippen LogP) is 0.615. The lowest BCUT2D eigenvalue weighted by Gasteiger charge is -2.02. The first-order valence-electron chi connectivity index (χ1n) is 3.80. The van der Waals surface area contributed by atoms with Gasteiger partial charge in [0, 0.05) is 18.3 Å². The minimum absolute atomic E-state index is 0.172. The van der Waals surface area contributed by atoms with E-state index < -0.39 is 0 Å². The van der Waals surface area contributed by atoms with Gasteiger partial charge < -0.3 is 10.6 Å². The second-order valence-corrected chi connectivity index (χ2v) is 2.42. The molecule has 0 spiro atoms. The quantitative estimate of drug-likeness (QED) is 0.666. The molecule has 1 rings (SSSR count). The SMILES string of the molecule is CNC(=O)c1cccc(NC=O)c1. The minimum atomic E-state index is -0.172. The summed E-state index contributed by atoms with van der Waals surface area (Å²) in [5.41, 5.74) is 1.13. The Morgan fingerprint density at radius 3 is 2.85 bits per heavy atom. The molecular formula is C9H10N2O2. The van der Waals surface area contributed by atoms with Crippen molar-refractivity contribution in [2.45, 2.75) is 0 Å². The topological polar surface area (TPSA) is 58.2 Å². The number of amides is 2. The van der Waals surface area contributed by atoms with Crippen LogP contribution in [0, 0.1) is 0 Å². The third kappa shape index (κ3) is 2.30. The molecule has 68 valence electrons. The fourth-order valence-electron chi connectivity index (χ4n) is 0.963. The number of anilines is 1. The van der Waals surface area contributed by atoms with Crippen LogP contribution in [0.25, 0.3) is 0 Å². The highest BCUT2D eigenvalue weighted by Crippen LogP contribution is 2.09. The molecule has 0 aromatic heterocycles. The Morgan fingerprint density at radius 1 is 1.46 bits per heavy atom. The number of nitrogens with one attached hydrogen (secondary N) is 2. The lowest BCUT2D eigenvalue weighted by atomic mass is 10.2. The van der Waals surface area contributed by atoms with Gasteiger partial charge in [-0.25, -0.2) is 0 Å². The molecule has 0 aliphatic rings. The summed E-state index contributed by atoms with van der Waals surface area (Å²) in [7, 11) is 1.56. The molecule has 0 fully saturated rings. The summed E-state index contributed by atoms with van der Waals surface area (Å²) >= 11 is 0. The third-order valence-electron chi connectivity index (χ3n) is 1.58. The van der Waals surface area contributed by atoms with E-state index >= 15 is 0 Å². The number of hydrogen-bond donors (Lipinski definition) is 2. The lowest BCUT2D eigenvalue weighted by molar-refractivity contribution is -0.105. The Kier molecular flexibility index (Phi) is 3.03. The number of hydrogen-bond acceptors (Lipinski definition) is 2. The summed E-state index contributed by atoms with van der Waals surface area (Å²) in [5, 5.41) is 4.96. The number of carbonyl (C=O) groups excluding carboxylic acids is 2. The molecule has 2 amide bonds. The van der Waals surface area contributed by atoms with Crippen molar-refractivity contribution >= 4 is 18.0 Å². The van der Waals surface area contributed by atoms with Crippen LogP contribution in [-0.4, -0.2) is 19.4 Å². The highest BCUT2D eigenvalue weighted by Gasteiger charge is 2.02. The van der Waals surface area contributed by atoms with Crippen molar-refractivity contribution in [1.29, 1.82) is 0 Å². The van der Waals surface area contributed by atoms with E-state index in [1.165, 1.54) is 0 Å². The van der Waals surface area contributed by atoms with Crippen LogP contribution in [0.4, 0.5) is 5.69 Å². The Hall–Kier alpha value is -1.84. The van der Waals surface area contributed by atoms with Crippen LogP contribution in [0.2, 0.25) is 0 Å². The van der Waals surface area contributed by atoms with Gasteiger partial charge in [-0.1, -0.05) is 6.07 Å². The van der Waals surface area contributed by atoms with Crippen LogP contribution in [0.15, 0.2) is 24.3 Å². The molecule has 0 heterocycles. The van der Waals surface area contributed by atoms with Crippen LogP contribution >= 0.6 is 0 Å². The molecule has 0 aliphatic carbocycles. The maximum absolute atomic E-state index is 11.1. The summed E-state index contributed by atoms with van der Waals surface area (Å²) in [6, 6.07) is 6.69. The van der Waals surface area contributed by atoms with Gasteiger partial charge >= 0.3 is 0 Å². The second-order valence-electron chi connectivity index (χ2n) is 2.42. The minimum Gasteiger partial charge on any atom is -0.355 e. The molecule has 0 bridgehead atoms. The molecule has 0 atom stereocenters. The molecule has 1 aromatic carbocycles. The van der Waals surface area contributed by atoms with Crippen LogP contribution in [-0.2, 0) is 4.79 Å². The Morgan fingerprint density at radius 2 is 2.23 bits per heavy atom. The lowest BCUT2D eigenvalue weighted by Crippen LogP contribution is -2.17. The van der Waals surface area contributed by atoms with Crippen LogP contribution in [0.1, 0.15) is 10.4 Å². The van der Waals surface area contributed by atoms with E-state index in [1.54, 1.807) is 31.3 Å². The van der Waals surface area contributed by atoms with Crippen molar-refractivity contribution in [3.05, 3.63) is 29.8 Å². The van der Waals surface area contributed by atoms with Gasteiger partial charge in [-0.3, -0.25) is 9.59 Å². The molecule has 4 nitrogen and oxygen atoms in total. The zero-order valence-corrected chi connectivity index (χ0v) is 7.20. The van der Waals surface area contributed by atoms with Gasteiger partial charge in [0.1, 0.15) is 0 Å². The third-order valence-corrected chi connectivity index (χ3v) is 1.58. The number of carbonyl (C=O) groups is 2. The van der Waals surface area contributed by atoms with E-state index in [0.29, 0.717) is 17.7 Å². The second kappa shape index (κ2) is 4.25. The molecule has 0 saturated carbocycles. The first-order chi connectivity index (χ1) is 6.27. The van der Waals surface area contributed by atoms with Crippen molar-refractivity contribution in [2.75, 3.05) is 12.4 Å². The Balaban J connectivity index is 2.90. The maximum Gasteiger partial charge on any atom is 0.251 e. The summed E-state index contributed by atoms with van der Waals surface area (Å²) in [6.45, 7) is 0. The molecule has 0 saturated heterocycles. The first kappa shape index (κ1) is 9.25. The largest absolute Gasteiger partial charge is 0.355 e. The van der Waals surface area contributed by atoms with E-state index in [9.17, 15) is 9.59 Å². The normalized spacial score (nSPS) is 9.00. The molecular weight excluding hydrogens is 168 g/mol. The van der Waals surface area contributed by atoms with E-state index in [2.05, 4.69) is 10.6 Å². The van der Waals surface area contributed by atoms with E-state index in [-0.39, 0.29) is 5.91 Å². The average molecular weight is 178 g/mol. The van der Waals surface area contributed by atoms with Crippen molar-refractivity contribution in [1.82, 2.24) is 5.32 Å². The van der Waals surface area contributed by atoms with Gasteiger partial charge in [0.25, 0.3) is 5.91 Å². The van der Waals surface area contributed by atoms with Gasteiger partial charge in [-0.15, -0.1) is 0 Å². The van der Waals surface area contributed by atoms with Crippen LogP contribution < -0.4 is 10.6 Å². The number of benzene rings is 1. The predicted molar refractivity (Wildman–Crippen MR) is 49.5 cm³/mol. The molecule has 13 heavy (non-hydrogen) atoms. The van der Waals surface area contributed by atoms with Crippen molar-refractivity contribution in [2.24, 2.45) is 0 Å². The van der Waals surface area contributed by atoms with Crippen molar-refractivity contribution in [3.63, 3.8) is 0 Å². The smallest absolute Gasteiger partial charge is 0.251 e. The fourth-order valence-corrected chi connectivity index (χ4v) is 0.963. The maximum atomic E-state index is 11.1. The molecule has 4 heteroatoms. The number of rotatable bonds is 3. The van der Waals surface area contributed by atoms with Gasteiger partial charge in [0.15, 0.2) is 0 Å². The molecule has 0 unspecified atom stereocenters. The molecule has 0 aliphatic heterocycles. The first-order valence-corrected chi connectivity index (χ1v) is 3.80. The summed E-state index contributed by atoms with van der Waals surface area (Å²) < 4.78 is 0. The zero-order chi connectivity index (χ0) is 9.68. The van der Waals surface area contributed by atoms with Crippen LogP contribution in [0.5, 0.6) is 0 Å².